The first-order valence-corrected chi connectivity index (χ1v) is 5.89. The zero-order chi connectivity index (χ0) is 14.4. The average molecular weight is 265 g/mol. The van der Waals surface area contributed by atoms with Crippen LogP contribution in [0.15, 0.2) is 24.3 Å². The van der Waals surface area contributed by atoms with Gasteiger partial charge in [-0.05, 0) is 30.2 Å². The summed E-state index contributed by atoms with van der Waals surface area (Å²) in [4.78, 5) is 22.0. The molecule has 0 saturated heterocycles. The number of rotatable bonds is 5. The van der Waals surface area contributed by atoms with Gasteiger partial charge in [-0.15, -0.1) is 0 Å². The summed E-state index contributed by atoms with van der Waals surface area (Å²) in [7, 11) is 0. The number of carbonyl (C=O) groups excluding carboxylic acids is 1. The van der Waals surface area contributed by atoms with E-state index >= 15 is 0 Å². The SMILES string of the molecule is CC(C)CC(=O)Nc1ccc(F)c(/C=C/C(=O)O)c1. The molecular formula is C14H16FNO3. The van der Waals surface area contributed by atoms with E-state index in [1.54, 1.807) is 0 Å². The quantitative estimate of drug-likeness (QED) is 0.804. The molecule has 5 heteroatoms. The molecule has 1 rings (SSSR count). The average Bonchev–Trinajstić information content (AvgIpc) is 2.28. The Morgan fingerprint density at radius 1 is 1.42 bits per heavy atom. The van der Waals surface area contributed by atoms with E-state index in [1.165, 1.54) is 18.2 Å². The van der Waals surface area contributed by atoms with Gasteiger partial charge in [-0.25, -0.2) is 9.18 Å². The lowest BCUT2D eigenvalue weighted by atomic mass is 10.1. The molecule has 0 saturated carbocycles. The van der Waals surface area contributed by atoms with E-state index < -0.39 is 11.8 Å². The number of carboxylic acid groups (broad SMARTS) is 1. The molecule has 102 valence electrons. The predicted octanol–water partition coefficient (Wildman–Crippen LogP) is 2.91. The Labute approximate surface area is 110 Å². The van der Waals surface area contributed by atoms with E-state index in [2.05, 4.69) is 5.32 Å². The fourth-order valence-electron chi connectivity index (χ4n) is 1.49. The van der Waals surface area contributed by atoms with E-state index in [0.717, 1.165) is 12.2 Å². The van der Waals surface area contributed by atoms with Gasteiger partial charge in [0.05, 0.1) is 0 Å². The van der Waals surface area contributed by atoms with Crippen LogP contribution in [-0.2, 0) is 9.59 Å². The molecule has 0 aliphatic rings. The van der Waals surface area contributed by atoms with Crippen LogP contribution in [0.25, 0.3) is 6.08 Å². The smallest absolute Gasteiger partial charge is 0.328 e. The summed E-state index contributed by atoms with van der Waals surface area (Å²) in [6.07, 6.45) is 2.37. The highest BCUT2D eigenvalue weighted by Gasteiger charge is 2.07. The first-order chi connectivity index (χ1) is 8.88. The Morgan fingerprint density at radius 2 is 2.11 bits per heavy atom. The summed E-state index contributed by atoms with van der Waals surface area (Å²) < 4.78 is 13.4. The van der Waals surface area contributed by atoms with Crippen LogP contribution in [0.4, 0.5) is 10.1 Å². The number of benzene rings is 1. The van der Waals surface area contributed by atoms with Crippen molar-refractivity contribution < 1.29 is 19.1 Å². The normalized spacial score (nSPS) is 10.9. The van der Waals surface area contributed by atoms with E-state index in [-0.39, 0.29) is 17.4 Å². The summed E-state index contributed by atoms with van der Waals surface area (Å²) in [6, 6.07) is 4.02. The zero-order valence-electron chi connectivity index (χ0n) is 10.8. The first kappa shape index (κ1) is 14.9. The molecule has 0 fully saturated rings. The van der Waals surface area contributed by atoms with Gasteiger partial charge < -0.3 is 10.4 Å². The van der Waals surface area contributed by atoms with Crippen molar-refractivity contribution in [3.63, 3.8) is 0 Å². The topological polar surface area (TPSA) is 66.4 Å². The summed E-state index contributed by atoms with van der Waals surface area (Å²) >= 11 is 0. The van der Waals surface area contributed by atoms with Gasteiger partial charge in [0.2, 0.25) is 5.91 Å². The predicted molar refractivity (Wildman–Crippen MR) is 71.2 cm³/mol. The lowest BCUT2D eigenvalue weighted by Gasteiger charge is -2.08. The molecule has 0 bridgehead atoms. The van der Waals surface area contributed by atoms with E-state index in [0.29, 0.717) is 12.1 Å². The lowest BCUT2D eigenvalue weighted by Crippen LogP contribution is -2.13. The van der Waals surface area contributed by atoms with Gasteiger partial charge in [-0.3, -0.25) is 4.79 Å². The molecule has 0 aliphatic carbocycles. The van der Waals surface area contributed by atoms with E-state index in [4.69, 9.17) is 5.11 Å². The maximum Gasteiger partial charge on any atom is 0.328 e. The van der Waals surface area contributed by atoms with Gasteiger partial charge in [0.25, 0.3) is 0 Å². The maximum absolute atomic E-state index is 13.4. The van der Waals surface area contributed by atoms with E-state index in [1.807, 2.05) is 13.8 Å². The molecule has 0 unspecified atom stereocenters. The van der Waals surface area contributed by atoms with Crippen molar-refractivity contribution in [2.45, 2.75) is 20.3 Å². The van der Waals surface area contributed by atoms with Gasteiger partial charge in [-0.2, -0.15) is 0 Å². The molecule has 4 nitrogen and oxygen atoms in total. The molecule has 0 aromatic heterocycles. The highest BCUT2D eigenvalue weighted by Crippen LogP contribution is 2.17. The number of anilines is 1. The van der Waals surface area contributed by atoms with Crippen LogP contribution in [0.2, 0.25) is 0 Å². The molecule has 1 aromatic carbocycles. The summed E-state index contributed by atoms with van der Waals surface area (Å²) in [5, 5.41) is 11.1. The van der Waals surface area contributed by atoms with Crippen molar-refractivity contribution in [1.29, 1.82) is 0 Å². The van der Waals surface area contributed by atoms with Crippen LogP contribution in [0, 0.1) is 11.7 Å². The van der Waals surface area contributed by atoms with Crippen LogP contribution in [0.1, 0.15) is 25.8 Å². The number of nitrogens with one attached hydrogen (secondary N) is 1. The molecule has 2 N–H and O–H groups in total. The standard InChI is InChI=1S/C14H16FNO3/c1-9(2)7-13(17)16-11-4-5-12(15)10(8-11)3-6-14(18)19/h3-6,8-9H,7H2,1-2H3,(H,16,17)(H,18,19)/b6-3+. The molecule has 0 atom stereocenters. The third-order valence-electron chi connectivity index (χ3n) is 2.28. The first-order valence-electron chi connectivity index (χ1n) is 5.89. The van der Waals surface area contributed by atoms with Gasteiger partial charge in [0, 0.05) is 23.7 Å². The monoisotopic (exact) mass is 265 g/mol. The summed E-state index contributed by atoms with van der Waals surface area (Å²) in [5.74, 6) is -1.63. The van der Waals surface area contributed by atoms with Crippen molar-refractivity contribution >= 4 is 23.6 Å². The lowest BCUT2D eigenvalue weighted by molar-refractivity contribution is -0.131. The Balaban J connectivity index is 2.84. The Bertz CT molecular complexity index is 509. The van der Waals surface area contributed by atoms with Crippen molar-refractivity contribution in [2.24, 2.45) is 5.92 Å². The third-order valence-corrected chi connectivity index (χ3v) is 2.28. The molecule has 0 radical (unpaired) electrons. The fourth-order valence-corrected chi connectivity index (χ4v) is 1.49. The van der Waals surface area contributed by atoms with Crippen LogP contribution in [0.5, 0.6) is 0 Å². The third kappa shape index (κ3) is 5.33. The van der Waals surface area contributed by atoms with Gasteiger partial charge in [-0.1, -0.05) is 13.8 Å². The minimum Gasteiger partial charge on any atom is -0.478 e. The van der Waals surface area contributed by atoms with Crippen molar-refractivity contribution in [3.8, 4) is 0 Å². The molecule has 0 spiro atoms. The highest BCUT2D eigenvalue weighted by atomic mass is 19.1. The van der Waals surface area contributed by atoms with Crippen molar-refractivity contribution in [3.05, 3.63) is 35.7 Å². The number of carbonyl (C=O) groups is 2. The molecule has 1 aromatic rings. The summed E-state index contributed by atoms with van der Waals surface area (Å²) in [5.41, 5.74) is 0.557. The molecule has 1 amide bonds. The maximum atomic E-state index is 13.4. The van der Waals surface area contributed by atoms with Crippen LogP contribution < -0.4 is 5.32 Å². The minimum atomic E-state index is -1.16. The molecule has 0 heterocycles. The van der Waals surface area contributed by atoms with Gasteiger partial charge in [0.15, 0.2) is 0 Å². The van der Waals surface area contributed by atoms with Crippen molar-refractivity contribution in [2.75, 3.05) is 5.32 Å². The fraction of sp³-hybridized carbons (Fsp3) is 0.286. The van der Waals surface area contributed by atoms with Gasteiger partial charge in [0.1, 0.15) is 5.82 Å². The highest BCUT2D eigenvalue weighted by molar-refractivity contribution is 5.91. The Hall–Kier alpha value is -2.17. The molecule has 19 heavy (non-hydrogen) atoms. The second-order valence-corrected chi connectivity index (χ2v) is 4.55. The number of hydrogen-bond acceptors (Lipinski definition) is 2. The second kappa shape index (κ2) is 6.68. The van der Waals surface area contributed by atoms with E-state index in [9.17, 15) is 14.0 Å². The van der Waals surface area contributed by atoms with Crippen LogP contribution in [0.3, 0.4) is 0 Å². The van der Waals surface area contributed by atoms with Gasteiger partial charge >= 0.3 is 5.97 Å². The van der Waals surface area contributed by atoms with Crippen LogP contribution >= 0.6 is 0 Å². The van der Waals surface area contributed by atoms with Crippen molar-refractivity contribution in [1.82, 2.24) is 0 Å². The Morgan fingerprint density at radius 3 is 2.68 bits per heavy atom. The Kier molecular flexibility index (Phi) is 5.23. The number of carboxylic acids is 1. The number of halogens is 1. The second-order valence-electron chi connectivity index (χ2n) is 4.55. The minimum absolute atomic E-state index is 0.116. The molecular weight excluding hydrogens is 249 g/mol. The molecule has 0 aliphatic heterocycles. The summed E-state index contributed by atoms with van der Waals surface area (Å²) in [6.45, 7) is 3.84. The van der Waals surface area contributed by atoms with Crippen LogP contribution in [-0.4, -0.2) is 17.0 Å². The number of aliphatic carboxylic acids is 1. The number of amides is 1. The number of hydrogen-bond donors (Lipinski definition) is 2. The zero-order valence-corrected chi connectivity index (χ0v) is 10.8. The largest absolute Gasteiger partial charge is 0.478 e.